The summed E-state index contributed by atoms with van der Waals surface area (Å²) in [7, 11) is 0. The third-order valence-electron chi connectivity index (χ3n) is 9.19. The summed E-state index contributed by atoms with van der Waals surface area (Å²) in [6.45, 7) is 14.8. The molecule has 4 rings (SSSR count). The average Bonchev–Trinajstić information content (AvgIpc) is 3.68. The highest BCUT2D eigenvalue weighted by atomic mass is 19.4. The first kappa shape index (κ1) is 57.5. The number of guanidine groups is 1. The van der Waals surface area contributed by atoms with Crippen LogP contribution in [0.5, 0.6) is 17.2 Å². The number of likely N-dealkylation sites (tertiary alicyclic amines) is 1. The number of nitrogens with one attached hydrogen (secondary N) is 6. The lowest BCUT2D eigenvalue weighted by molar-refractivity contribution is -0.991. The number of nitrogens with zero attached hydrogens (tertiary/aromatic N) is 2. The average molecular weight is 1030 g/mol. The minimum absolute atomic E-state index is 0.0141. The Morgan fingerprint density at radius 3 is 1.90 bits per heavy atom. The number of rotatable bonds is 13. The second-order valence-electron chi connectivity index (χ2n) is 19.1. The van der Waals surface area contributed by atoms with E-state index in [1.165, 1.54) is 29.2 Å². The molecule has 20 nitrogen and oxygen atoms in total. The van der Waals surface area contributed by atoms with Gasteiger partial charge in [-0.05, 0) is 118 Å². The van der Waals surface area contributed by atoms with E-state index in [-0.39, 0.29) is 62.7 Å². The highest BCUT2D eigenvalue weighted by Crippen LogP contribution is 2.42. The van der Waals surface area contributed by atoms with Crippen molar-refractivity contribution in [3.8, 4) is 17.2 Å². The summed E-state index contributed by atoms with van der Waals surface area (Å²) in [5, 5.41) is 31.4. The summed E-state index contributed by atoms with van der Waals surface area (Å²) < 4.78 is 111. The Bertz CT molecular complexity index is 2450. The monoisotopic (exact) mass is 1030 g/mol. The first-order chi connectivity index (χ1) is 33.1. The molecule has 72 heavy (non-hydrogen) atoms. The van der Waals surface area contributed by atoms with E-state index in [0.29, 0.717) is 24.3 Å². The normalized spacial score (nSPS) is 14.9. The number of unbranched alkanes of at least 4 members (excludes halogenated alkanes) is 1. The van der Waals surface area contributed by atoms with Gasteiger partial charge < -0.3 is 55.1 Å². The van der Waals surface area contributed by atoms with E-state index in [4.69, 9.17) is 23.7 Å². The molecule has 1 saturated heterocycles. The van der Waals surface area contributed by atoms with Crippen molar-refractivity contribution in [2.24, 2.45) is 4.99 Å². The Hall–Kier alpha value is -7.06. The molecule has 1 unspecified atom stereocenters. The molecule has 1 aliphatic rings. The van der Waals surface area contributed by atoms with Gasteiger partial charge in [-0.3, -0.25) is 10.1 Å². The van der Waals surface area contributed by atoms with Crippen LogP contribution < -0.4 is 41.3 Å². The van der Waals surface area contributed by atoms with E-state index in [1.54, 1.807) is 62.3 Å². The Morgan fingerprint density at radius 2 is 1.33 bits per heavy atom. The minimum Gasteiger partial charge on any atom is -0.595 e. The Kier molecular flexibility index (Phi) is 18.7. The molecule has 7 N–H and O–H groups in total. The molecule has 3 aromatic rings. The number of urea groups is 1. The van der Waals surface area contributed by atoms with Gasteiger partial charge in [0.05, 0.1) is 29.0 Å². The van der Waals surface area contributed by atoms with Gasteiger partial charge in [-0.2, -0.15) is 31.6 Å². The molecule has 26 heteroatoms. The van der Waals surface area contributed by atoms with Crippen LogP contribution >= 0.6 is 0 Å². The summed E-state index contributed by atoms with van der Waals surface area (Å²) in [5.41, 5.74) is -6.96. The zero-order valence-corrected chi connectivity index (χ0v) is 40.8. The second-order valence-corrected chi connectivity index (χ2v) is 19.1. The van der Waals surface area contributed by atoms with Crippen LogP contribution in [0.4, 0.5) is 68.3 Å². The van der Waals surface area contributed by atoms with E-state index < -0.39 is 110 Å². The number of benzene rings is 3. The lowest BCUT2D eigenvalue weighted by Gasteiger charge is -2.25. The van der Waals surface area contributed by atoms with Crippen LogP contribution in [0.2, 0.25) is 0 Å². The molecule has 0 bridgehead atoms. The number of quaternary nitrogens is 1. The Labute approximate surface area is 410 Å². The third kappa shape index (κ3) is 19.6. The van der Waals surface area contributed by atoms with Gasteiger partial charge in [0.15, 0.2) is 11.4 Å². The fourth-order valence-electron chi connectivity index (χ4n) is 6.28. The van der Waals surface area contributed by atoms with Gasteiger partial charge in [-0.25, -0.2) is 24.4 Å². The molecule has 1 aliphatic heterocycles. The highest BCUT2D eigenvalue weighted by molar-refractivity contribution is 6.03. The number of hydrogen-bond acceptors (Lipinski definition) is 12. The third-order valence-corrected chi connectivity index (χ3v) is 9.19. The highest BCUT2D eigenvalue weighted by Gasteiger charge is 2.36. The zero-order chi connectivity index (χ0) is 54.0. The van der Waals surface area contributed by atoms with Gasteiger partial charge in [0.2, 0.25) is 11.9 Å². The van der Waals surface area contributed by atoms with Crippen molar-refractivity contribution in [1.29, 1.82) is 0 Å². The first-order valence-electron chi connectivity index (χ1n) is 22.2. The molecule has 0 saturated carbocycles. The summed E-state index contributed by atoms with van der Waals surface area (Å²) >= 11 is 0. The number of alkyl carbamates (subject to hydrolysis) is 1. The maximum absolute atomic E-state index is 14.5. The van der Waals surface area contributed by atoms with Crippen LogP contribution in [0, 0.1) is 5.21 Å². The molecule has 1 fully saturated rings. The number of halogens is 6. The van der Waals surface area contributed by atoms with Crippen molar-refractivity contribution in [1.82, 2.24) is 15.5 Å². The standard InChI is InChI=1S/C46H58F6N8O12/c1-42(2,3)70-39(63)57-37(58-40(64)71-43(4,5)6)53-18-11-10-12-35(61)55-33-22-27(46(50,51)52)23-34(36(33)69-31-17-19-59(25-31)41(65)72-44(7,8)9)56-38(62)54-28-13-15-30(16-14-28)68-32-21-26(45(47,48)49)20-29(24-32)60(66)67/h13-16,20-24,31,60,66H,10-12,17-19,25H2,1-9H3,(H,55,61)(H2,54,56,62)(H2,53,57,58,63,64)/t31-/m1/s1. The smallest absolute Gasteiger partial charge is 0.437 e. The van der Waals surface area contributed by atoms with Gasteiger partial charge in [0.25, 0.3) is 0 Å². The summed E-state index contributed by atoms with van der Waals surface area (Å²) in [4.78, 5) is 69.7. The van der Waals surface area contributed by atoms with E-state index in [1.807, 2.05) is 0 Å². The number of carbonyl (C=O) groups excluding carboxylic acids is 5. The molecule has 0 spiro atoms. The molecule has 0 aromatic heterocycles. The van der Waals surface area contributed by atoms with Crippen LogP contribution in [0.15, 0.2) is 59.6 Å². The van der Waals surface area contributed by atoms with Crippen molar-refractivity contribution in [3.63, 3.8) is 0 Å². The molecular formula is C46H58F6N8O12. The molecule has 0 aliphatic carbocycles. The molecular weight excluding hydrogens is 971 g/mol. The largest absolute Gasteiger partial charge is 0.595 e. The van der Waals surface area contributed by atoms with E-state index in [2.05, 4.69) is 31.6 Å². The minimum atomic E-state index is -5.02. The van der Waals surface area contributed by atoms with Crippen LogP contribution in [-0.2, 0) is 31.4 Å². The summed E-state index contributed by atoms with van der Waals surface area (Å²) in [5.74, 6) is -2.03. The SMILES string of the molecule is CC(C)(C)OC(=O)N=C(NCCCCC(=O)Nc1cc(C(F)(F)F)cc(NC(=O)Nc2ccc(Oc3cc([NH+]([O-])O)cc(C(F)(F)F)c3)cc2)c1O[C@@H]1CCN(C(=O)OC(C)(C)C)C1)NC(=O)OC(C)(C)C. The van der Waals surface area contributed by atoms with Crippen molar-refractivity contribution in [2.45, 2.75) is 123 Å². The van der Waals surface area contributed by atoms with E-state index >= 15 is 0 Å². The van der Waals surface area contributed by atoms with E-state index in [9.17, 15) is 60.7 Å². The molecule has 0 radical (unpaired) electrons. The molecule has 1 heterocycles. The predicted octanol–water partition coefficient (Wildman–Crippen LogP) is 9.47. The fourth-order valence-corrected chi connectivity index (χ4v) is 6.28. The quantitative estimate of drug-likeness (QED) is 0.0211. The first-order valence-corrected chi connectivity index (χ1v) is 22.2. The molecule has 2 atom stereocenters. The van der Waals surface area contributed by atoms with Crippen LogP contribution in [0.1, 0.15) is 99.1 Å². The number of ether oxygens (including phenoxy) is 5. The van der Waals surface area contributed by atoms with Crippen LogP contribution in [0.3, 0.4) is 0 Å². The number of alkyl halides is 6. The topological polar surface area (TPSA) is 255 Å². The molecule has 3 aromatic carbocycles. The number of aliphatic imine (C=N–C) groups is 1. The van der Waals surface area contributed by atoms with Gasteiger partial charge in [-0.15, -0.1) is 4.99 Å². The van der Waals surface area contributed by atoms with Gasteiger partial charge >= 0.3 is 36.7 Å². The Morgan fingerprint density at radius 1 is 0.750 bits per heavy atom. The fraction of sp³-hybridized carbons (Fsp3) is 0.478. The Balaban J connectivity index is 1.55. The molecule has 6 amide bonds. The van der Waals surface area contributed by atoms with Gasteiger partial charge in [0, 0.05) is 43.8 Å². The number of carbonyl (C=O) groups is 5. The summed E-state index contributed by atoms with van der Waals surface area (Å²) in [6.07, 6.45) is -13.2. The van der Waals surface area contributed by atoms with Crippen LogP contribution in [0.25, 0.3) is 0 Å². The maximum atomic E-state index is 14.5. The number of hydrogen-bond donors (Lipinski definition) is 7. The number of amides is 6. The van der Waals surface area contributed by atoms with Gasteiger partial charge in [0.1, 0.15) is 34.4 Å². The van der Waals surface area contributed by atoms with E-state index in [0.717, 1.165) is 6.07 Å². The van der Waals surface area contributed by atoms with Crippen molar-refractivity contribution in [2.75, 3.05) is 35.6 Å². The lowest BCUT2D eigenvalue weighted by Crippen LogP contribution is -2.99. The van der Waals surface area contributed by atoms with Crippen molar-refractivity contribution >= 4 is 58.9 Å². The molecule has 396 valence electrons. The van der Waals surface area contributed by atoms with Crippen molar-refractivity contribution in [3.05, 3.63) is 70.9 Å². The van der Waals surface area contributed by atoms with Gasteiger partial charge in [-0.1, -0.05) is 0 Å². The van der Waals surface area contributed by atoms with Crippen LogP contribution in [-0.4, -0.2) is 88.8 Å². The summed E-state index contributed by atoms with van der Waals surface area (Å²) in [6, 6.07) is 6.89. The predicted molar refractivity (Wildman–Crippen MR) is 248 cm³/mol. The number of anilines is 3. The second kappa shape index (κ2) is 23.4. The lowest BCUT2D eigenvalue weighted by atomic mass is 10.1. The zero-order valence-electron chi connectivity index (χ0n) is 40.8. The maximum Gasteiger partial charge on any atom is 0.437 e. The van der Waals surface area contributed by atoms with Crippen molar-refractivity contribution < 1.29 is 84.4 Å².